The first-order valence-electron chi connectivity index (χ1n) is 4.56. The maximum Gasteiger partial charge on any atom is 0.673 e. The Labute approximate surface area is 86.6 Å². The molecule has 0 saturated heterocycles. The van der Waals surface area contributed by atoms with Gasteiger partial charge in [0.25, 0.3) is 0 Å². The van der Waals surface area contributed by atoms with E-state index in [0.29, 0.717) is 6.17 Å². The molecule has 1 aliphatic rings. The Morgan fingerprint density at radius 1 is 1.27 bits per heavy atom. The molecule has 0 aromatic carbocycles. The minimum Gasteiger partial charge on any atom is -0.418 e. The number of nitrogens with zero attached hydrogens (tertiary/aromatic N) is 2. The van der Waals surface area contributed by atoms with E-state index in [1.807, 2.05) is 19.4 Å². The molecule has 3 nitrogen and oxygen atoms in total. The first-order chi connectivity index (χ1) is 6.75. The van der Waals surface area contributed by atoms with Gasteiger partial charge < -0.3 is 22.2 Å². The van der Waals surface area contributed by atoms with Crippen molar-refractivity contribution in [3.63, 3.8) is 0 Å². The van der Waals surface area contributed by atoms with E-state index >= 15 is 0 Å². The number of hydrogen-bond acceptors (Lipinski definition) is 3. The topological polar surface area (TPSA) is 32.5 Å². The zero-order valence-electron chi connectivity index (χ0n) is 8.71. The van der Waals surface area contributed by atoms with Crippen LogP contribution in [0.1, 0.15) is 19.8 Å². The third kappa shape index (κ3) is 7.07. The summed E-state index contributed by atoms with van der Waals surface area (Å²) in [5.41, 5.74) is 0. The molecule has 0 spiro atoms. The van der Waals surface area contributed by atoms with Crippen LogP contribution in [-0.4, -0.2) is 30.4 Å². The Morgan fingerprint density at radius 2 is 1.73 bits per heavy atom. The number of hydrazine groups is 1. The smallest absolute Gasteiger partial charge is 0.418 e. The fourth-order valence-electron chi connectivity index (χ4n) is 1.20. The van der Waals surface area contributed by atoms with Crippen LogP contribution in [0.3, 0.4) is 0 Å². The molecule has 1 heterocycles. The highest BCUT2D eigenvalue weighted by Gasteiger charge is 2.20. The van der Waals surface area contributed by atoms with Crippen molar-refractivity contribution in [2.45, 2.75) is 25.9 Å². The van der Waals surface area contributed by atoms with Gasteiger partial charge in [-0.15, -0.1) is 0 Å². The first kappa shape index (κ1) is 14.1. The largest absolute Gasteiger partial charge is 0.673 e. The minimum atomic E-state index is -6.00. The molecule has 2 N–H and O–H groups in total. The summed E-state index contributed by atoms with van der Waals surface area (Å²) in [7, 11) is -3.95. The predicted octanol–water partition coefficient (Wildman–Crippen LogP) is 2.00. The van der Waals surface area contributed by atoms with Crippen molar-refractivity contribution in [1.29, 1.82) is 0 Å². The van der Waals surface area contributed by atoms with E-state index in [0.717, 1.165) is 6.42 Å². The molecule has 1 rings (SSSR count). The molecular weight excluding hydrogens is 213 g/mol. The molecule has 0 radical (unpaired) electrons. The molecule has 0 saturated carbocycles. The van der Waals surface area contributed by atoms with Crippen molar-refractivity contribution in [2.75, 3.05) is 7.05 Å². The van der Waals surface area contributed by atoms with E-state index in [-0.39, 0.29) is 0 Å². The number of nitrogens with two attached hydrogens (primary N) is 1. The summed E-state index contributed by atoms with van der Waals surface area (Å²) in [6.07, 6.45) is 6.58. The highest BCUT2D eigenvalue weighted by Crippen LogP contribution is 2.13. The Kier molecular flexibility index (Phi) is 5.49. The van der Waals surface area contributed by atoms with E-state index < -0.39 is 7.25 Å². The molecule has 8 heteroatoms. The average Bonchev–Trinajstić information content (AvgIpc) is 2.33. The van der Waals surface area contributed by atoms with Crippen molar-refractivity contribution in [2.24, 2.45) is 5.84 Å². The lowest BCUT2D eigenvalue weighted by Gasteiger charge is -2.26. The van der Waals surface area contributed by atoms with Crippen LogP contribution in [0.4, 0.5) is 17.3 Å². The normalized spacial score (nSPS) is 20.3. The molecule has 1 aliphatic heterocycles. The summed E-state index contributed by atoms with van der Waals surface area (Å²) < 4.78 is 39.0. The Balaban J connectivity index is 0.000000336. The van der Waals surface area contributed by atoms with E-state index in [1.54, 1.807) is 5.01 Å². The van der Waals surface area contributed by atoms with Gasteiger partial charge in [-0.3, -0.25) is 5.01 Å². The van der Waals surface area contributed by atoms with Gasteiger partial charge in [0, 0.05) is 19.4 Å². The van der Waals surface area contributed by atoms with Gasteiger partial charge in [-0.25, -0.2) is 5.84 Å². The number of hydrogen-bond donors (Lipinski definition) is 1. The summed E-state index contributed by atoms with van der Waals surface area (Å²) in [6.45, 7) is 2.17. The van der Waals surface area contributed by atoms with Crippen LogP contribution in [0.2, 0.25) is 0 Å². The third-order valence-corrected chi connectivity index (χ3v) is 1.84. The average molecular weight is 228 g/mol. The number of rotatable bonds is 2. The zero-order chi connectivity index (χ0) is 12.1. The third-order valence-electron chi connectivity index (χ3n) is 1.84. The van der Waals surface area contributed by atoms with Crippen molar-refractivity contribution in [1.82, 2.24) is 9.91 Å². The van der Waals surface area contributed by atoms with E-state index in [2.05, 4.69) is 11.8 Å². The molecule has 0 bridgehead atoms. The fraction of sp³-hybridized carbons (Fsp3) is 0.714. The van der Waals surface area contributed by atoms with Crippen LogP contribution in [0.25, 0.3) is 0 Å². The molecular formula is C7H15BF4N3-. The maximum atomic E-state index is 9.75. The second kappa shape index (κ2) is 5.84. The second-order valence-corrected chi connectivity index (χ2v) is 3.17. The second-order valence-electron chi connectivity index (χ2n) is 3.17. The Hall–Kier alpha value is -0.915. The summed E-state index contributed by atoms with van der Waals surface area (Å²) in [6, 6.07) is 0. The molecule has 1 unspecified atom stereocenters. The molecule has 0 aromatic heterocycles. The molecule has 15 heavy (non-hydrogen) atoms. The Bertz CT molecular complexity index is 191. The van der Waals surface area contributed by atoms with Gasteiger partial charge >= 0.3 is 7.25 Å². The molecule has 0 aromatic rings. The van der Waals surface area contributed by atoms with Crippen molar-refractivity contribution in [3.05, 3.63) is 12.4 Å². The predicted molar refractivity (Wildman–Crippen MR) is 51.8 cm³/mol. The standard InChI is InChI=1S/C7H15N3.BF4/c1-3-4-7-9(2)5-6-10(7)8;2-1(3,4)5/h5-7H,3-4,8H2,1-2H3;/q;-1. The van der Waals surface area contributed by atoms with Crippen LogP contribution < -0.4 is 5.84 Å². The van der Waals surface area contributed by atoms with E-state index in [1.165, 1.54) is 6.42 Å². The van der Waals surface area contributed by atoms with Gasteiger partial charge in [0.1, 0.15) is 6.17 Å². The maximum absolute atomic E-state index is 9.75. The van der Waals surface area contributed by atoms with Crippen LogP contribution in [-0.2, 0) is 0 Å². The van der Waals surface area contributed by atoms with E-state index in [4.69, 9.17) is 5.84 Å². The zero-order valence-corrected chi connectivity index (χ0v) is 8.71. The van der Waals surface area contributed by atoms with Crippen LogP contribution in [0.5, 0.6) is 0 Å². The van der Waals surface area contributed by atoms with Gasteiger partial charge in [0.15, 0.2) is 0 Å². The minimum absolute atomic E-state index is 0.380. The van der Waals surface area contributed by atoms with Crippen molar-refractivity contribution >= 4 is 7.25 Å². The highest BCUT2D eigenvalue weighted by molar-refractivity contribution is 6.50. The lowest BCUT2D eigenvalue weighted by atomic mass is 10.2. The lowest BCUT2D eigenvalue weighted by Crippen LogP contribution is -2.40. The van der Waals surface area contributed by atoms with Crippen LogP contribution in [0, 0.1) is 0 Å². The van der Waals surface area contributed by atoms with Gasteiger partial charge in [-0.1, -0.05) is 13.3 Å². The lowest BCUT2D eigenvalue weighted by molar-refractivity contribution is 0.166. The summed E-state index contributed by atoms with van der Waals surface area (Å²) >= 11 is 0. The highest BCUT2D eigenvalue weighted by atomic mass is 19.5. The first-order valence-corrected chi connectivity index (χ1v) is 4.56. The summed E-state index contributed by atoms with van der Waals surface area (Å²) in [4.78, 5) is 2.13. The summed E-state index contributed by atoms with van der Waals surface area (Å²) in [5, 5.41) is 1.75. The quantitative estimate of drug-likeness (QED) is 0.445. The molecule has 1 atom stereocenters. The van der Waals surface area contributed by atoms with Crippen molar-refractivity contribution in [3.8, 4) is 0 Å². The molecule has 90 valence electrons. The van der Waals surface area contributed by atoms with Crippen LogP contribution in [0.15, 0.2) is 12.4 Å². The monoisotopic (exact) mass is 228 g/mol. The van der Waals surface area contributed by atoms with Gasteiger partial charge in [-0.05, 0) is 6.42 Å². The fourth-order valence-corrected chi connectivity index (χ4v) is 1.20. The SMILES string of the molecule is CCCC1N(C)C=CN1N.F[B-](F)(F)F. The number of halogens is 4. The summed E-state index contributed by atoms with van der Waals surface area (Å²) in [5.74, 6) is 5.66. The molecule has 0 aliphatic carbocycles. The Morgan fingerprint density at radius 3 is 2.00 bits per heavy atom. The van der Waals surface area contributed by atoms with E-state index in [9.17, 15) is 17.3 Å². The van der Waals surface area contributed by atoms with Gasteiger partial charge in [0.05, 0.1) is 0 Å². The van der Waals surface area contributed by atoms with Gasteiger partial charge in [-0.2, -0.15) is 0 Å². The van der Waals surface area contributed by atoms with Crippen LogP contribution >= 0.6 is 0 Å². The molecule has 0 amide bonds. The van der Waals surface area contributed by atoms with Gasteiger partial charge in [0.2, 0.25) is 0 Å². The van der Waals surface area contributed by atoms with Crippen molar-refractivity contribution < 1.29 is 17.3 Å². The molecule has 0 fully saturated rings.